The Morgan fingerprint density at radius 1 is 0.875 bits per heavy atom. The summed E-state index contributed by atoms with van der Waals surface area (Å²) >= 11 is 5.90. The summed E-state index contributed by atoms with van der Waals surface area (Å²) in [6.07, 6.45) is -0.809. The average molecular weight is 452 g/mol. The van der Waals surface area contributed by atoms with Crippen LogP contribution < -0.4 is 0 Å². The number of nitrogens with zero attached hydrogens (tertiary/aromatic N) is 3. The molecule has 0 bridgehead atoms. The van der Waals surface area contributed by atoms with E-state index >= 15 is 0 Å². The van der Waals surface area contributed by atoms with E-state index < -0.39 is 11.0 Å². The fourth-order valence-electron chi connectivity index (χ4n) is 4.32. The van der Waals surface area contributed by atoms with Gasteiger partial charge in [-0.3, -0.25) is 19.9 Å². The second-order valence-corrected chi connectivity index (χ2v) is 8.45. The third kappa shape index (κ3) is 5.16. The maximum absolute atomic E-state index is 11.1. The lowest BCUT2D eigenvalue weighted by Gasteiger charge is -2.40. The van der Waals surface area contributed by atoms with Crippen molar-refractivity contribution in [3.8, 4) is 0 Å². The Labute approximate surface area is 192 Å². The lowest BCUT2D eigenvalue weighted by atomic mass is 9.96. The van der Waals surface area contributed by atoms with E-state index in [4.69, 9.17) is 11.6 Å². The Morgan fingerprint density at radius 3 is 1.97 bits per heavy atom. The maximum atomic E-state index is 11.1. The molecule has 4 rings (SSSR count). The number of halogens is 1. The summed E-state index contributed by atoms with van der Waals surface area (Å²) in [6, 6.07) is 25.7. The van der Waals surface area contributed by atoms with E-state index in [1.807, 2.05) is 12.1 Å². The van der Waals surface area contributed by atoms with Crippen molar-refractivity contribution in [2.24, 2.45) is 0 Å². The van der Waals surface area contributed by atoms with Crippen molar-refractivity contribution < 1.29 is 10.0 Å². The number of β-amino-alcohol motifs (C(OH)–C–C–N with tert-alkyl or cyclic N) is 1. The highest BCUT2D eigenvalue weighted by Gasteiger charge is 2.27. The minimum Gasteiger partial charge on any atom is -0.387 e. The monoisotopic (exact) mass is 451 g/mol. The first kappa shape index (κ1) is 22.4. The van der Waals surface area contributed by atoms with Crippen molar-refractivity contribution >= 4 is 17.3 Å². The van der Waals surface area contributed by atoms with Gasteiger partial charge in [-0.2, -0.15) is 0 Å². The van der Waals surface area contributed by atoms with Gasteiger partial charge in [0.15, 0.2) is 0 Å². The topological polar surface area (TPSA) is 69.8 Å². The summed E-state index contributed by atoms with van der Waals surface area (Å²) in [7, 11) is 0. The van der Waals surface area contributed by atoms with Gasteiger partial charge in [-0.15, -0.1) is 0 Å². The Morgan fingerprint density at radius 2 is 1.44 bits per heavy atom. The fraction of sp³-hybridized carbons (Fsp3) is 0.280. The van der Waals surface area contributed by atoms with Crippen LogP contribution in [0.3, 0.4) is 0 Å². The van der Waals surface area contributed by atoms with Crippen molar-refractivity contribution in [2.45, 2.75) is 12.1 Å². The van der Waals surface area contributed by atoms with Crippen LogP contribution in [-0.4, -0.2) is 52.6 Å². The van der Waals surface area contributed by atoms with Gasteiger partial charge in [0, 0.05) is 38.8 Å². The van der Waals surface area contributed by atoms with E-state index in [1.54, 1.807) is 6.07 Å². The predicted octanol–water partition coefficient (Wildman–Crippen LogP) is 4.69. The largest absolute Gasteiger partial charge is 0.387 e. The van der Waals surface area contributed by atoms with Crippen molar-refractivity contribution in [3.63, 3.8) is 0 Å². The summed E-state index contributed by atoms with van der Waals surface area (Å²) in [5, 5.41) is 21.9. The summed E-state index contributed by atoms with van der Waals surface area (Å²) in [5.41, 5.74) is 2.86. The minimum absolute atomic E-state index is 0.0763. The second-order valence-electron chi connectivity index (χ2n) is 8.04. The lowest BCUT2D eigenvalue weighted by molar-refractivity contribution is -0.384. The van der Waals surface area contributed by atoms with E-state index in [9.17, 15) is 15.2 Å². The zero-order chi connectivity index (χ0) is 22.5. The van der Waals surface area contributed by atoms with Crippen LogP contribution in [0, 0.1) is 10.1 Å². The van der Waals surface area contributed by atoms with Crippen LogP contribution in [0.2, 0.25) is 5.02 Å². The first-order valence-corrected chi connectivity index (χ1v) is 11.1. The zero-order valence-corrected chi connectivity index (χ0v) is 18.4. The molecule has 1 heterocycles. The van der Waals surface area contributed by atoms with Crippen molar-refractivity contribution in [1.29, 1.82) is 0 Å². The van der Waals surface area contributed by atoms with Crippen LogP contribution in [-0.2, 0) is 0 Å². The zero-order valence-electron chi connectivity index (χ0n) is 17.7. The summed E-state index contributed by atoms with van der Waals surface area (Å²) in [5.74, 6) is 0. The third-order valence-corrected chi connectivity index (χ3v) is 6.31. The molecule has 7 heteroatoms. The molecule has 32 heavy (non-hydrogen) atoms. The number of aliphatic hydroxyl groups is 1. The number of nitro groups is 1. The smallest absolute Gasteiger partial charge is 0.288 e. The van der Waals surface area contributed by atoms with Crippen molar-refractivity contribution in [3.05, 3.63) is 111 Å². The predicted molar refractivity (Wildman–Crippen MR) is 126 cm³/mol. The van der Waals surface area contributed by atoms with Gasteiger partial charge >= 0.3 is 0 Å². The molecular weight excluding hydrogens is 426 g/mol. The van der Waals surface area contributed by atoms with Gasteiger partial charge < -0.3 is 5.11 Å². The molecular formula is C25H26ClN3O3. The SMILES string of the molecule is O=[N+]([O-])c1cc(C(O)CN2CCN(C(c3ccccc3)c3ccccc3)CC2)ccc1Cl. The van der Waals surface area contributed by atoms with Gasteiger partial charge in [-0.05, 0) is 22.8 Å². The molecule has 1 N–H and O–H groups in total. The molecule has 1 saturated heterocycles. The molecule has 1 aliphatic rings. The van der Waals surface area contributed by atoms with Gasteiger partial charge in [0.1, 0.15) is 5.02 Å². The molecule has 1 fully saturated rings. The van der Waals surface area contributed by atoms with Crippen molar-refractivity contribution in [2.75, 3.05) is 32.7 Å². The average Bonchev–Trinajstić information content (AvgIpc) is 2.82. The van der Waals surface area contributed by atoms with Crippen LogP contribution in [0.15, 0.2) is 78.9 Å². The van der Waals surface area contributed by atoms with Crippen LogP contribution in [0.25, 0.3) is 0 Å². The van der Waals surface area contributed by atoms with Gasteiger partial charge in [-0.25, -0.2) is 0 Å². The molecule has 0 saturated carbocycles. The minimum atomic E-state index is -0.809. The molecule has 1 atom stereocenters. The molecule has 0 amide bonds. The molecule has 1 aliphatic heterocycles. The van der Waals surface area contributed by atoms with Gasteiger partial charge in [0.05, 0.1) is 17.1 Å². The highest BCUT2D eigenvalue weighted by molar-refractivity contribution is 6.32. The molecule has 0 aromatic heterocycles. The molecule has 0 radical (unpaired) electrons. The van der Waals surface area contributed by atoms with Gasteiger partial charge in [-0.1, -0.05) is 78.3 Å². The van der Waals surface area contributed by atoms with Crippen LogP contribution in [0.4, 0.5) is 5.69 Å². The summed E-state index contributed by atoms with van der Waals surface area (Å²) in [4.78, 5) is 15.3. The van der Waals surface area contributed by atoms with E-state index in [1.165, 1.54) is 23.3 Å². The Kier molecular flexibility index (Phi) is 7.17. The summed E-state index contributed by atoms with van der Waals surface area (Å²) < 4.78 is 0. The number of benzene rings is 3. The number of hydrogen-bond donors (Lipinski definition) is 1. The van der Waals surface area contributed by atoms with E-state index in [2.05, 4.69) is 58.3 Å². The van der Waals surface area contributed by atoms with Gasteiger partial charge in [0.25, 0.3) is 5.69 Å². The number of aliphatic hydroxyl groups excluding tert-OH is 1. The maximum Gasteiger partial charge on any atom is 0.288 e. The molecule has 6 nitrogen and oxygen atoms in total. The van der Waals surface area contributed by atoms with Gasteiger partial charge in [0.2, 0.25) is 0 Å². The van der Waals surface area contributed by atoms with E-state index in [0.717, 1.165) is 26.2 Å². The van der Waals surface area contributed by atoms with Crippen LogP contribution >= 0.6 is 11.6 Å². The Bertz CT molecular complexity index is 1000. The van der Waals surface area contributed by atoms with Crippen LogP contribution in [0.5, 0.6) is 0 Å². The number of nitro benzene ring substituents is 1. The first-order chi connectivity index (χ1) is 15.5. The van der Waals surface area contributed by atoms with Crippen molar-refractivity contribution in [1.82, 2.24) is 9.80 Å². The standard InChI is InChI=1S/C25H26ClN3O3/c26-22-12-11-21(17-23(22)29(31)32)24(30)18-27-13-15-28(16-14-27)25(19-7-3-1-4-8-19)20-9-5-2-6-10-20/h1-12,17,24-25,30H,13-16,18H2. The molecule has 166 valence electrons. The number of piperazine rings is 1. The van der Waals surface area contributed by atoms with Crippen LogP contribution in [0.1, 0.15) is 28.8 Å². The molecule has 3 aromatic rings. The molecule has 0 aliphatic carbocycles. The highest BCUT2D eigenvalue weighted by atomic mass is 35.5. The normalized spacial score (nSPS) is 16.2. The van der Waals surface area contributed by atoms with E-state index in [0.29, 0.717) is 12.1 Å². The Balaban J connectivity index is 1.43. The quantitative estimate of drug-likeness (QED) is 0.417. The number of rotatable bonds is 7. The third-order valence-electron chi connectivity index (χ3n) is 5.99. The molecule has 1 unspecified atom stereocenters. The second kappa shape index (κ2) is 10.2. The molecule has 0 spiro atoms. The fourth-order valence-corrected chi connectivity index (χ4v) is 4.50. The number of hydrogen-bond acceptors (Lipinski definition) is 5. The van der Waals surface area contributed by atoms with E-state index in [-0.39, 0.29) is 16.8 Å². The lowest BCUT2D eigenvalue weighted by Crippen LogP contribution is -2.48. The molecule has 3 aromatic carbocycles. The Hall–Kier alpha value is -2.77. The summed E-state index contributed by atoms with van der Waals surface area (Å²) in [6.45, 7) is 3.77. The highest BCUT2D eigenvalue weighted by Crippen LogP contribution is 2.31. The first-order valence-electron chi connectivity index (χ1n) is 10.7.